The summed E-state index contributed by atoms with van der Waals surface area (Å²) in [5, 5.41) is 10.2. The van der Waals surface area contributed by atoms with Crippen LogP contribution in [0.5, 0.6) is 5.75 Å². The largest absolute Gasteiger partial charge is 0.508 e. The number of aromatic hydroxyl groups is 1. The lowest BCUT2D eigenvalue weighted by Crippen LogP contribution is -1.96. The van der Waals surface area contributed by atoms with Gasteiger partial charge in [0.15, 0.2) is 0 Å². The maximum Gasteiger partial charge on any atom is 0.119 e. The average molecular weight is 333 g/mol. The van der Waals surface area contributed by atoms with Crippen molar-refractivity contribution < 1.29 is 5.11 Å². The highest BCUT2D eigenvalue weighted by Gasteiger charge is 2.07. The highest BCUT2D eigenvalue weighted by atomic mass is 16.3. The number of rotatable bonds is 15. The van der Waals surface area contributed by atoms with Crippen LogP contribution in [0.1, 0.15) is 108 Å². The molecule has 138 valence electrons. The fourth-order valence-corrected chi connectivity index (χ4v) is 3.50. The summed E-state index contributed by atoms with van der Waals surface area (Å²) in [6.45, 7) is 4.53. The molecule has 1 rings (SSSR count). The van der Waals surface area contributed by atoms with Crippen LogP contribution in [-0.4, -0.2) is 5.11 Å². The predicted molar refractivity (Wildman–Crippen MR) is 107 cm³/mol. The standard InChI is InChI=1S/C23H40O/c1-3-5-7-9-11-12-14-17-21-18-16-20-23(24)22(21)19-15-13-10-8-6-4-2/h16,18,20,24H,3-15,17,19H2,1-2H3. The van der Waals surface area contributed by atoms with Gasteiger partial charge in [-0.25, -0.2) is 0 Å². The monoisotopic (exact) mass is 332 g/mol. The zero-order chi connectivity index (χ0) is 17.5. The zero-order valence-electron chi connectivity index (χ0n) is 16.3. The summed E-state index contributed by atoms with van der Waals surface area (Å²) in [7, 11) is 0. The smallest absolute Gasteiger partial charge is 0.119 e. The lowest BCUT2D eigenvalue weighted by atomic mass is 9.95. The molecule has 24 heavy (non-hydrogen) atoms. The van der Waals surface area contributed by atoms with E-state index in [0.29, 0.717) is 5.75 Å². The highest BCUT2D eigenvalue weighted by Crippen LogP contribution is 2.25. The molecule has 1 N–H and O–H groups in total. The Morgan fingerprint density at radius 1 is 0.625 bits per heavy atom. The quantitative estimate of drug-likeness (QED) is 0.328. The zero-order valence-corrected chi connectivity index (χ0v) is 16.3. The molecule has 0 heterocycles. The molecular weight excluding hydrogens is 292 g/mol. The normalized spacial score (nSPS) is 11.1. The summed E-state index contributed by atoms with van der Waals surface area (Å²) >= 11 is 0. The molecule has 0 fully saturated rings. The predicted octanol–water partition coefficient (Wildman–Crippen LogP) is 7.59. The summed E-state index contributed by atoms with van der Waals surface area (Å²) < 4.78 is 0. The minimum atomic E-state index is 0.518. The van der Waals surface area contributed by atoms with E-state index in [0.717, 1.165) is 12.8 Å². The van der Waals surface area contributed by atoms with Crippen molar-refractivity contribution in [2.45, 2.75) is 110 Å². The molecular formula is C23H40O. The number of phenolic OH excluding ortho intramolecular Hbond substituents is 1. The molecule has 0 atom stereocenters. The molecule has 0 spiro atoms. The van der Waals surface area contributed by atoms with Crippen molar-refractivity contribution in [2.24, 2.45) is 0 Å². The van der Waals surface area contributed by atoms with Crippen molar-refractivity contribution in [1.29, 1.82) is 0 Å². The van der Waals surface area contributed by atoms with Gasteiger partial charge in [-0.15, -0.1) is 0 Å². The van der Waals surface area contributed by atoms with Gasteiger partial charge in [0, 0.05) is 0 Å². The van der Waals surface area contributed by atoms with E-state index in [1.54, 1.807) is 0 Å². The molecule has 0 saturated heterocycles. The minimum absolute atomic E-state index is 0.518. The number of phenols is 1. The van der Waals surface area contributed by atoms with Crippen LogP contribution in [0, 0.1) is 0 Å². The van der Waals surface area contributed by atoms with Crippen molar-refractivity contribution in [3.63, 3.8) is 0 Å². The first-order valence-corrected chi connectivity index (χ1v) is 10.6. The van der Waals surface area contributed by atoms with E-state index in [1.807, 2.05) is 12.1 Å². The van der Waals surface area contributed by atoms with Gasteiger partial charge in [0.2, 0.25) is 0 Å². The second kappa shape index (κ2) is 14.4. The van der Waals surface area contributed by atoms with Crippen LogP contribution < -0.4 is 0 Å². The summed E-state index contributed by atoms with van der Waals surface area (Å²) in [5.74, 6) is 0.518. The molecule has 0 aromatic heterocycles. The number of unbranched alkanes of at least 4 members (excludes halogenated alkanes) is 11. The molecule has 0 unspecified atom stereocenters. The fraction of sp³-hybridized carbons (Fsp3) is 0.739. The van der Waals surface area contributed by atoms with E-state index in [2.05, 4.69) is 19.9 Å². The number of benzene rings is 1. The third-order valence-corrected chi connectivity index (χ3v) is 5.08. The lowest BCUT2D eigenvalue weighted by Gasteiger charge is -2.12. The Morgan fingerprint density at radius 3 is 1.71 bits per heavy atom. The maximum absolute atomic E-state index is 10.2. The number of aryl methyl sites for hydroxylation is 1. The van der Waals surface area contributed by atoms with Crippen LogP contribution in [0.25, 0.3) is 0 Å². The molecule has 0 saturated carbocycles. The van der Waals surface area contributed by atoms with E-state index < -0.39 is 0 Å². The lowest BCUT2D eigenvalue weighted by molar-refractivity contribution is 0.464. The second-order valence-electron chi connectivity index (χ2n) is 7.30. The number of hydrogen-bond donors (Lipinski definition) is 1. The van der Waals surface area contributed by atoms with Crippen LogP contribution in [-0.2, 0) is 12.8 Å². The summed E-state index contributed by atoms with van der Waals surface area (Å²) in [5.41, 5.74) is 2.61. The molecule has 0 aliphatic carbocycles. The summed E-state index contributed by atoms with van der Waals surface area (Å²) in [4.78, 5) is 0. The molecule has 1 aromatic carbocycles. The van der Waals surface area contributed by atoms with Gasteiger partial charge in [0.05, 0.1) is 0 Å². The van der Waals surface area contributed by atoms with E-state index in [4.69, 9.17) is 0 Å². The molecule has 0 aliphatic rings. The average Bonchev–Trinajstić information content (AvgIpc) is 2.59. The van der Waals surface area contributed by atoms with Gasteiger partial charge in [-0.3, -0.25) is 0 Å². The summed E-state index contributed by atoms with van der Waals surface area (Å²) in [6, 6.07) is 6.10. The molecule has 1 heteroatoms. The van der Waals surface area contributed by atoms with Gasteiger partial charge in [-0.1, -0.05) is 96.6 Å². The maximum atomic E-state index is 10.2. The van der Waals surface area contributed by atoms with Crippen molar-refractivity contribution in [1.82, 2.24) is 0 Å². The molecule has 0 amide bonds. The van der Waals surface area contributed by atoms with Crippen molar-refractivity contribution in [2.75, 3.05) is 0 Å². The van der Waals surface area contributed by atoms with Gasteiger partial charge in [-0.05, 0) is 42.9 Å². The van der Waals surface area contributed by atoms with Crippen LogP contribution in [0.15, 0.2) is 18.2 Å². The van der Waals surface area contributed by atoms with Gasteiger partial charge < -0.3 is 5.11 Å². The topological polar surface area (TPSA) is 20.2 Å². The Kier molecular flexibility index (Phi) is 12.6. The Labute approximate surface area is 150 Å². The number of hydrogen-bond acceptors (Lipinski definition) is 1. The van der Waals surface area contributed by atoms with Crippen LogP contribution in [0.3, 0.4) is 0 Å². The van der Waals surface area contributed by atoms with Gasteiger partial charge >= 0.3 is 0 Å². The molecule has 0 radical (unpaired) electrons. The first kappa shape index (κ1) is 21.1. The van der Waals surface area contributed by atoms with Crippen LogP contribution in [0.2, 0.25) is 0 Å². The Balaban J connectivity index is 2.29. The fourth-order valence-electron chi connectivity index (χ4n) is 3.50. The summed E-state index contributed by atoms with van der Waals surface area (Å²) in [6.07, 6.45) is 19.5. The minimum Gasteiger partial charge on any atom is -0.508 e. The van der Waals surface area contributed by atoms with Crippen LogP contribution >= 0.6 is 0 Å². The third kappa shape index (κ3) is 9.35. The molecule has 0 aliphatic heterocycles. The Bertz CT molecular complexity index is 410. The van der Waals surface area contributed by atoms with Gasteiger partial charge in [-0.2, -0.15) is 0 Å². The second-order valence-corrected chi connectivity index (χ2v) is 7.30. The van der Waals surface area contributed by atoms with Crippen molar-refractivity contribution >= 4 is 0 Å². The Morgan fingerprint density at radius 2 is 1.12 bits per heavy atom. The van der Waals surface area contributed by atoms with Gasteiger partial charge in [0.25, 0.3) is 0 Å². The van der Waals surface area contributed by atoms with Crippen molar-refractivity contribution in [3.05, 3.63) is 29.3 Å². The molecule has 0 bridgehead atoms. The van der Waals surface area contributed by atoms with E-state index in [1.165, 1.54) is 94.6 Å². The first-order chi connectivity index (χ1) is 11.8. The SMILES string of the molecule is CCCCCCCCCc1cccc(O)c1CCCCCCCC. The van der Waals surface area contributed by atoms with E-state index in [9.17, 15) is 5.11 Å². The molecule has 1 nitrogen and oxygen atoms in total. The highest BCUT2D eigenvalue weighted by molar-refractivity contribution is 5.39. The van der Waals surface area contributed by atoms with E-state index >= 15 is 0 Å². The van der Waals surface area contributed by atoms with Crippen LogP contribution in [0.4, 0.5) is 0 Å². The Hall–Kier alpha value is -0.980. The van der Waals surface area contributed by atoms with Crippen molar-refractivity contribution in [3.8, 4) is 5.75 Å². The van der Waals surface area contributed by atoms with E-state index in [-0.39, 0.29) is 0 Å². The van der Waals surface area contributed by atoms with Gasteiger partial charge in [0.1, 0.15) is 5.75 Å². The third-order valence-electron chi connectivity index (χ3n) is 5.08. The molecule has 1 aromatic rings. The first-order valence-electron chi connectivity index (χ1n) is 10.6.